The van der Waals surface area contributed by atoms with Crippen molar-refractivity contribution in [3.63, 3.8) is 0 Å². The van der Waals surface area contributed by atoms with Gasteiger partial charge in [-0.25, -0.2) is 4.99 Å². The third-order valence-corrected chi connectivity index (χ3v) is 4.94. The molecule has 0 saturated carbocycles. The number of carbonyl (C=O) groups is 1. The Hall–Kier alpha value is -2.09. The SMILES string of the molecule is CCNC(=NCc1c(C)nn(C)c1C)NCCN1CCN(C(C)=O)CC1. The monoisotopic (exact) mass is 363 g/mol. The van der Waals surface area contributed by atoms with E-state index in [-0.39, 0.29) is 5.91 Å². The minimum absolute atomic E-state index is 0.172. The van der Waals surface area contributed by atoms with Gasteiger partial charge in [0, 0.05) is 71.0 Å². The van der Waals surface area contributed by atoms with E-state index in [1.54, 1.807) is 6.92 Å². The van der Waals surface area contributed by atoms with E-state index >= 15 is 0 Å². The number of aryl methyl sites for hydroxylation is 2. The second kappa shape index (κ2) is 9.56. The Bertz CT molecular complexity index is 630. The zero-order valence-electron chi connectivity index (χ0n) is 16.8. The van der Waals surface area contributed by atoms with Crippen molar-refractivity contribution in [2.45, 2.75) is 34.2 Å². The van der Waals surface area contributed by atoms with Gasteiger partial charge in [0.15, 0.2) is 5.96 Å². The number of hydrogen-bond donors (Lipinski definition) is 2. The number of nitrogens with zero attached hydrogens (tertiary/aromatic N) is 5. The number of carbonyl (C=O) groups excluding carboxylic acids is 1. The van der Waals surface area contributed by atoms with E-state index in [0.717, 1.165) is 63.2 Å². The summed E-state index contributed by atoms with van der Waals surface area (Å²) >= 11 is 0. The molecule has 0 atom stereocenters. The van der Waals surface area contributed by atoms with Crippen LogP contribution in [0.15, 0.2) is 4.99 Å². The molecule has 1 aliphatic rings. The highest BCUT2D eigenvalue weighted by Gasteiger charge is 2.18. The molecular formula is C18H33N7O. The summed E-state index contributed by atoms with van der Waals surface area (Å²) in [6.45, 7) is 14.5. The molecule has 1 saturated heterocycles. The second-order valence-electron chi connectivity index (χ2n) is 6.74. The Balaban J connectivity index is 1.81. The standard InChI is InChI=1S/C18H33N7O/c1-6-19-18(21-13-17-14(2)22-23(5)15(17)3)20-7-8-24-9-11-25(12-10-24)16(4)26/h6-13H2,1-5H3,(H2,19,20,21). The van der Waals surface area contributed by atoms with Gasteiger partial charge < -0.3 is 15.5 Å². The van der Waals surface area contributed by atoms with Crippen molar-refractivity contribution in [2.24, 2.45) is 12.0 Å². The normalized spacial score (nSPS) is 16.0. The molecule has 1 aromatic rings. The number of aromatic nitrogens is 2. The van der Waals surface area contributed by atoms with Crippen LogP contribution in [0.3, 0.4) is 0 Å². The fourth-order valence-corrected chi connectivity index (χ4v) is 3.16. The first-order chi connectivity index (χ1) is 12.4. The molecule has 1 fully saturated rings. The Morgan fingerprint density at radius 2 is 1.88 bits per heavy atom. The van der Waals surface area contributed by atoms with Gasteiger partial charge in [0.05, 0.1) is 12.2 Å². The van der Waals surface area contributed by atoms with Gasteiger partial charge in [0.2, 0.25) is 5.91 Å². The number of hydrogen-bond acceptors (Lipinski definition) is 4. The molecule has 0 aliphatic carbocycles. The summed E-state index contributed by atoms with van der Waals surface area (Å²) in [5.74, 6) is 1.00. The first-order valence-electron chi connectivity index (χ1n) is 9.41. The third-order valence-electron chi connectivity index (χ3n) is 4.94. The summed E-state index contributed by atoms with van der Waals surface area (Å²) in [6.07, 6.45) is 0. The molecule has 146 valence electrons. The van der Waals surface area contributed by atoms with E-state index in [1.165, 1.54) is 5.56 Å². The van der Waals surface area contributed by atoms with Crippen LogP contribution in [0.25, 0.3) is 0 Å². The van der Waals surface area contributed by atoms with Crippen LogP contribution >= 0.6 is 0 Å². The minimum atomic E-state index is 0.172. The van der Waals surface area contributed by atoms with E-state index in [4.69, 9.17) is 4.99 Å². The van der Waals surface area contributed by atoms with Crippen LogP contribution < -0.4 is 10.6 Å². The summed E-state index contributed by atoms with van der Waals surface area (Å²) in [5, 5.41) is 11.2. The van der Waals surface area contributed by atoms with Gasteiger partial charge in [0.25, 0.3) is 0 Å². The Morgan fingerprint density at radius 1 is 1.19 bits per heavy atom. The summed E-state index contributed by atoms with van der Waals surface area (Å²) in [5.41, 5.74) is 3.38. The zero-order valence-corrected chi connectivity index (χ0v) is 16.8. The number of rotatable bonds is 6. The fourth-order valence-electron chi connectivity index (χ4n) is 3.16. The highest BCUT2D eigenvalue weighted by Crippen LogP contribution is 2.12. The maximum atomic E-state index is 11.4. The van der Waals surface area contributed by atoms with E-state index in [2.05, 4.69) is 34.5 Å². The molecule has 0 unspecified atom stereocenters. The highest BCUT2D eigenvalue weighted by atomic mass is 16.2. The maximum Gasteiger partial charge on any atom is 0.219 e. The quantitative estimate of drug-likeness (QED) is 0.560. The van der Waals surface area contributed by atoms with Crippen molar-refractivity contribution >= 4 is 11.9 Å². The van der Waals surface area contributed by atoms with Gasteiger partial charge in [-0.3, -0.25) is 14.4 Å². The van der Waals surface area contributed by atoms with Gasteiger partial charge in [-0.1, -0.05) is 0 Å². The Kier molecular flexibility index (Phi) is 7.44. The molecule has 1 aliphatic heterocycles. The fraction of sp³-hybridized carbons (Fsp3) is 0.722. The lowest BCUT2D eigenvalue weighted by molar-refractivity contribution is -0.130. The number of nitrogens with one attached hydrogen (secondary N) is 2. The molecule has 2 rings (SSSR count). The molecule has 0 aromatic carbocycles. The predicted octanol–water partition coefficient (Wildman–Crippen LogP) is 0.256. The lowest BCUT2D eigenvalue weighted by Crippen LogP contribution is -2.50. The van der Waals surface area contributed by atoms with E-state index in [9.17, 15) is 4.79 Å². The van der Waals surface area contributed by atoms with Crippen molar-refractivity contribution in [3.05, 3.63) is 17.0 Å². The van der Waals surface area contributed by atoms with Gasteiger partial charge in [0.1, 0.15) is 0 Å². The smallest absolute Gasteiger partial charge is 0.219 e. The molecule has 8 heteroatoms. The summed E-state index contributed by atoms with van der Waals surface area (Å²) in [4.78, 5) is 20.4. The summed E-state index contributed by atoms with van der Waals surface area (Å²) < 4.78 is 1.90. The molecule has 2 heterocycles. The molecule has 0 radical (unpaired) electrons. The molecule has 0 bridgehead atoms. The van der Waals surface area contributed by atoms with Crippen LogP contribution in [0.1, 0.15) is 30.8 Å². The van der Waals surface area contributed by atoms with Gasteiger partial charge in [-0.05, 0) is 20.8 Å². The van der Waals surface area contributed by atoms with Gasteiger partial charge in [-0.15, -0.1) is 0 Å². The van der Waals surface area contributed by atoms with Crippen LogP contribution in [0.2, 0.25) is 0 Å². The van der Waals surface area contributed by atoms with Crippen LogP contribution in [0, 0.1) is 13.8 Å². The third kappa shape index (κ3) is 5.45. The molecular weight excluding hydrogens is 330 g/mol. The van der Waals surface area contributed by atoms with Crippen molar-refractivity contribution in [1.29, 1.82) is 0 Å². The molecule has 26 heavy (non-hydrogen) atoms. The van der Waals surface area contributed by atoms with Crippen molar-refractivity contribution in [1.82, 2.24) is 30.2 Å². The van der Waals surface area contributed by atoms with Gasteiger partial charge in [-0.2, -0.15) is 5.10 Å². The van der Waals surface area contributed by atoms with E-state index < -0.39 is 0 Å². The Morgan fingerprint density at radius 3 is 2.42 bits per heavy atom. The zero-order chi connectivity index (χ0) is 19.1. The van der Waals surface area contributed by atoms with E-state index in [0.29, 0.717) is 6.54 Å². The van der Waals surface area contributed by atoms with Crippen LogP contribution in [0.5, 0.6) is 0 Å². The van der Waals surface area contributed by atoms with Gasteiger partial charge >= 0.3 is 0 Å². The van der Waals surface area contributed by atoms with Crippen LogP contribution in [0.4, 0.5) is 0 Å². The molecule has 1 aromatic heterocycles. The first-order valence-corrected chi connectivity index (χ1v) is 9.41. The predicted molar refractivity (Wildman–Crippen MR) is 104 cm³/mol. The highest BCUT2D eigenvalue weighted by molar-refractivity contribution is 5.79. The number of amides is 1. The van der Waals surface area contributed by atoms with Crippen molar-refractivity contribution in [3.8, 4) is 0 Å². The molecule has 1 amide bonds. The molecule has 8 nitrogen and oxygen atoms in total. The van der Waals surface area contributed by atoms with Crippen LogP contribution in [-0.4, -0.2) is 77.3 Å². The van der Waals surface area contributed by atoms with Crippen LogP contribution in [-0.2, 0) is 18.4 Å². The number of aliphatic imine (C=N–C) groups is 1. The number of piperazine rings is 1. The average Bonchev–Trinajstić information content (AvgIpc) is 2.85. The summed E-state index contributed by atoms with van der Waals surface area (Å²) in [6, 6.07) is 0. The number of guanidine groups is 1. The second-order valence-corrected chi connectivity index (χ2v) is 6.74. The Labute approximate surface area is 156 Å². The largest absolute Gasteiger partial charge is 0.357 e. The lowest BCUT2D eigenvalue weighted by Gasteiger charge is -2.34. The molecule has 0 spiro atoms. The molecule has 2 N–H and O–H groups in total. The van der Waals surface area contributed by atoms with Crippen molar-refractivity contribution in [2.75, 3.05) is 45.8 Å². The lowest BCUT2D eigenvalue weighted by atomic mass is 10.2. The average molecular weight is 364 g/mol. The maximum absolute atomic E-state index is 11.4. The van der Waals surface area contributed by atoms with Crippen molar-refractivity contribution < 1.29 is 4.79 Å². The van der Waals surface area contributed by atoms with E-state index in [1.807, 2.05) is 23.6 Å². The first kappa shape index (κ1) is 20.2. The topological polar surface area (TPSA) is 77.8 Å². The minimum Gasteiger partial charge on any atom is -0.357 e. The summed E-state index contributed by atoms with van der Waals surface area (Å²) in [7, 11) is 1.96.